The summed E-state index contributed by atoms with van der Waals surface area (Å²) in [5.41, 5.74) is 0. The number of esters is 2. The fraction of sp³-hybridized carbons (Fsp3) is 0.941. The molecule has 7 heteroatoms. The second-order valence-corrected chi connectivity index (χ2v) is 13.1. The molecule has 0 amide bonds. The third kappa shape index (κ3) is 11.8. The number of hydrogen-bond acceptors (Lipinski definition) is 7. The van der Waals surface area contributed by atoms with Gasteiger partial charge in [0.1, 0.15) is 0 Å². The average molecular weight is 579 g/mol. The molecule has 0 spiro atoms. The zero-order valence-electron chi connectivity index (χ0n) is 26.0. The van der Waals surface area contributed by atoms with E-state index in [1.165, 1.54) is 77.0 Å². The van der Waals surface area contributed by atoms with Crippen molar-refractivity contribution in [2.75, 3.05) is 13.2 Å². The summed E-state index contributed by atoms with van der Waals surface area (Å²) in [6.07, 6.45) is 24.2. The Morgan fingerprint density at radius 1 is 0.512 bits per heavy atom. The normalized spacial score (nSPS) is 31.4. The third-order valence-electron chi connectivity index (χ3n) is 9.57. The van der Waals surface area contributed by atoms with Crippen LogP contribution >= 0.6 is 0 Å². The maximum Gasteiger partial charge on any atom is 0.309 e. The number of ether oxygens (including phenoxy) is 5. The Balaban J connectivity index is 1.02. The van der Waals surface area contributed by atoms with Crippen molar-refractivity contribution in [2.24, 2.45) is 11.8 Å². The van der Waals surface area contributed by atoms with E-state index in [4.69, 9.17) is 23.7 Å². The highest BCUT2D eigenvalue weighted by Gasteiger charge is 2.53. The standard InChI is InChI=1S/C34H58O7/c1-3-5-7-9-11-17-27-29(39-27)19-13-15-21-37-33(35)25-23-31-32(41-31)24-26(25)34(36)38-22-16-14-20-30-28(40-30)18-12-10-8-6-4-2/h25-32H,3-24H2,1-2H3. The molecule has 1 saturated carbocycles. The average Bonchev–Trinajstić information content (AvgIpc) is 3.88. The van der Waals surface area contributed by atoms with Crippen LogP contribution in [0.3, 0.4) is 0 Å². The molecule has 3 heterocycles. The van der Waals surface area contributed by atoms with Crippen LogP contribution in [0.4, 0.5) is 0 Å². The number of rotatable bonds is 24. The SMILES string of the molecule is CCCCCCCC1OC1CCCCOC(=O)C1CC2OC2CC1C(=O)OCCCCC1OC1CCCCCCC. The Hall–Kier alpha value is -1.18. The molecule has 0 radical (unpaired) electrons. The summed E-state index contributed by atoms with van der Waals surface area (Å²) in [6.45, 7) is 5.30. The second-order valence-electron chi connectivity index (χ2n) is 13.1. The second kappa shape index (κ2) is 17.8. The quantitative estimate of drug-likeness (QED) is 0.0667. The van der Waals surface area contributed by atoms with Crippen molar-refractivity contribution in [1.82, 2.24) is 0 Å². The molecule has 0 bridgehead atoms. The zero-order chi connectivity index (χ0) is 28.9. The molecular weight excluding hydrogens is 520 g/mol. The molecule has 0 aromatic heterocycles. The molecule has 8 unspecified atom stereocenters. The van der Waals surface area contributed by atoms with Gasteiger partial charge >= 0.3 is 11.9 Å². The Kier molecular flexibility index (Phi) is 14.2. The van der Waals surface area contributed by atoms with Gasteiger partial charge in [0.2, 0.25) is 0 Å². The smallest absolute Gasteiger partial charge is 0.309 e. The molecule has 4 rings (SSSR count). The number of fused-ring (bicyclic) bond motifs is 1. The highest BCUT2D eigenvalue weighted by atomic mass is 16.6. The van der Waals surface area contributed by atoms with E-state index in [0.29, 0.717) is 50.5 Å². The number of epoxide rings is 3. The van der Waals surface area contributed by atoms with Crippen LogP contribution < -0.4 is 0 Å². The lowest BCUT2D eigenvalue weighted by molar-refractivity contribution is -0.162. The minimum atomic E-state index is -0.451. The Morgan fingerprint density at radius 3 is 1.27 bits per heavy atom. The van der Waals surface area contributed by atoms with Crippen LogP contribution in [0.1, 0.15) is 142 Å². The molecule has 7 nitrogen and oxygen atoms in total. The van der Waals surface area contributed by atoms with E-state index in [-0.39, 0.29) is 24.1 Å². The fourth-order valence-corrected chi connectivity index (χ4v) is 6.67. The summed E-state index contributed by atoms with van der Waals surface area (Å²) in [6, 6.07) is 0. The van der Waals surface area contributed by atoms with Gasteiger partial charge in [-0.3, -0.25) is 9.59 Å². The van der Waals surface area contributed by atoms with E-state index in [1.54, 1.807) is 0 Å². The predicted octanol–water partition coefficient (Wildman–Crippen LogP) is 7.46. The van der Waals surface area contributed by atoms with Crippen LogP contribution in [0, 0.1) is 11.8 Å². The van der Waals surface area contributed by atoms with Gasteiger partial charge in [-0.1, -0.05) is 78.1 Å². The zero-order valence-corrected chi connectivity index (χ0v) is 26.0. The lowest BCUT2D eigenvalue weighted by Gasteiger charge is -2.26. The van der Waals surface area contributed by atoms with Crippen LogP contribution in [0.5, 0.6) is 0 Å². The molecule has 0 N–H and O–H groups in total. The van der Waals surface area contributed by atoms with Crippen molar-refractivity contribution in [3.63, 3.8) is 0 Å². The highest BCUT2D eigenvalue weighted by Crippen LogP contribution is 2.44. The van der Waals surface area contributed by atoms with Gasteiger partial charge in [0.15, 0.2) is 0 Å². The van der Waals surface area contributed by atoms with E-state index in [1.807, 2.05) is 0 Å². The van der Waals surface area contributed by atoms with Gasteiger partial charge in [0, 0.05) is 0 Å². The van der Waals surface area contributed by atoms with Crippen molar-refractivity contribution in [2.45, 2.75) is 179 Å². The maximum absolute atomic E-state index is 12.9. The molecule has 3 saturated heterocycles. The van der Waals surface area contributed by atoms with Crippen LogP contribution in [0.15, 0.2) is 0 Å². The number of carbonyl (C=O) groups excluding carboxylic acids is 2. The minimum Gasteiger partial charge on any atom is -0.465 e. The van der Waals surface area contributed by atoms with E-state index in [9.17, 15) is 9.59 Å². The summed E-state index contributed by atoms with van der Waals surface area (Å²) in [5.74, 6) is -1.43. The van der Waals surface area contributed by atoms with Gasteiger partial charge < -0.3 is 23.7 Å². The molecule has 4 aliphatic rings. The Labute approximate surface area is 249 Å². The number of hydrogen-bond donors (Lipinski definition) is 0. The molecule has 1 aliphatic carbocycles. The molecule has 236 valence electrons. The Morgan fingerprint density at radius 2 is 0.878 bits per heavy atom. The van der Waals surface area contributed by atoms with Crippen LogP contribution in [0.25, 0.3) is 0 Å². The fourth-order valence-electron chi connectivity index (χ4n) is 6.67. The van der Waals surface area contributed by atoms with Crippen molar-refractivity contribution in [3.8, 4) is 0 Å². The highest BCUT2D eigenvalue weighted by molar-refractivity contribution is 5.82. The summed E-state index contributed by atoms with van der Waals surface area (Å²) in [7, 11) is 0. The van der Waals surface area contributed by atoms with Crippen LogP contribution in [0.2, 0.25) is 0 Å². The molecule has 8 atom stereocenters. The van der Waals surface area contributed by atoms with E-state index in [2.05, 4.69) is 13.8 Å². The predicted molar refractivity (Wildman–Crippen MR) is 159 cm³/mol. The topological polar surface area (TPSA) is 90.2 Å². The van der Waals surface area contributed by atoms with Crippen LogP contribution in [-0.4, -0.2) is 61.8 Å². The van der Waals surface area contributed by atoms with Gasteiger partial charge in [-0.25, -0.2) is 0 Å². The molecule has 0 aromatic carbocycles. The first kappa shape index (κ1) is 32.7. The monoisotopic (exact) mass is 578 g/mol. The van der Waals surface area contributed by atoms with Crippen LogP contribution in [-0.2, 0) is 33.3 Å². The van der Waals surface area contributed by atoms with Gasteiger partial charge in [-0.05, 0) is 64.2 Å². The summed E-state index contributed by atoms with van der Waals surface area (Å²) < 4.78 is 28.6. The minimum absolute atomic E-state index is 0.0978. The lowest BCUT2D eigenvalue weighted by Crippen LogP contribution is -2.37. The van der Waals surface area contributed by atoms with Gasteiger partial charge in [-0.15, -0.1) is 0 Å². The molecule has 41 heavy (non-hydrogen) atoms. The summed E-state index contributed by atoms with van der Waals surface area (Å²) in [4.78, 5) is 25.8. The van der Waals surface area contributed by atoms with Gasteiger partial charge in [0.25, 0.3) is 0 Å². The summed E-state index contributed by atoms with van der Waals surface area (Å²) in [5, 5.41) is 0. The van der Waals surface area contributed by atoms with Gasteiger partial charge in [-0.2, -0.15) is 0 Å². The first-order valence-corrected chi connectivity index (χ1v) is 17.4. The largest absolute Gasteiger partial charge is 0.465 e. The number of carbonyl (C=O) groups is 2. The first-order chi connectivity index (χ1) is 20.1. The molecule has 0 aromatic rings. The van der Waals surface area contributed by atoms with Crippen molar-refractivity contribution < 1.29 is 33.3 Å². The summed E-state index contributed by atoms with van der Waals surface area (Å²) >= 11 is 0. The Bertz CT molecular complexity index is 710. The molecule has 3 aliphatic heterocycles. The van der Waals surface area contributed by atoms with Crippen molar-refractivity contribution in [3.05, 3.63) is 0 Å². The third-order valence-corrected chi connectivity index (χ3v) is 9.57. The maximum atomic E-state index is 12.9. The molecular formula is C34H58O7. The first-order valence-electron chi connectivity index (χ1n) is 17.4. The number of unbranched alkanes of at least 4 members (excludes halogenated alkanes) is 10. The van der Waals surface area contributed by atoms with Crippen molar-refractivity contribution >= 4 is 11.9 Å². The van der Waals surface area contributed by atoms with E-state index < -0.39 is 11.8 Å². The lowest BCUT2D eigenvalue weighted by atomic mass is 9.79. The van der Waals surface area contributed by atoms with E-state index in [0.717, 1.165) is 38.5 Å². The van der Waals surface area contributed by atoms with E-state index >= 15 is 0 Å². The molecule has 4 fully saturated rings. The van der Waals surface area contributed by atoms with Gasteiger partial charge in [0.05, 0.1) is 61.7 Å². The van der Waals surface area contributed by atoms with Crippen molar-refractivity contribution in [1.29, 1.82) is 0 Å².